The molecule has 1 aromatic rings. The van der Waals surface area contributed by atoms with Gasteiger partial charge in [-0.2, -0.15) is 15.5 Å². The van der Waals surface area contributed by atoms with Crippen molar-refractivity contribution in [2.45, 2.75) is 19.0 Å². The van der Waals surface area contributed by atoms with Gasteiger partial charge in [-0.15, -0.1) is 0 Å². The second-order valence-electron chi connectivity index (χ2n) is 3.10. The van der Waals surface area contributed by atoms with Gasteiger partial charge in [-0.3, -0.25) is 0 Å². The van der Waals surface area contributed by atoms with E-state index in [-0.39, 0.29) is 6.04 Å². The molecule has 0 radical (unpaired) electrons. The monoisotopic (exact) mass is 222 g/mol. The molecule has 5 heteroatoms. The normalized spacial score (nSPS) is 14.8. The van der Waals surface area contributed by atoms with Gasteiger partial charge in [0.1, 0.15) is 5.69 Å². The molecule has 1 rings (SSSR count). The lowest BCUT2D eigenvalue weighted by Gasteiger charge is -2.05. The predicted molar refractivity (Wildman–Crippen MR) is 59.0 cm³/mol. The molecule has 0 fully saturated rings. The van der Waals surface area contributed by atoms with Crippen LogP contribution in [0.15, 0.2) is 34.5 Å². The van der Waals surface area contributed by atoms with Gasteiger partial charge in [-0.05, 0) is 19.1 Å². The van der Waals surface area contributed by atoms with Crippen LogP contribution in [0.3, 0.4) is 0 Å². The first-order valence-corrected chi connectivity index (χ1v) is 4.83. The number of nitrogens with two attached hydrogens (primary N) is 1. The third-order valence-electron chi connectivity index (χ3n) is 1.77. The molecular weight excluding hydrogens is 212 g/mol. The molecule has 0 saturated heterocycles. The molecule has 0 aliphatic rings. The number of rotatable bonds is 3. The Labute approximate surface area is 93.4 Å². The third-order valence-corrected chi connectivity index (χ3v) is 2.09. The van der Waals surface area contributed by atoms with Gasteiger partial charge in [0.25, 0.3) is 0 Å². The molecule has 0 heterocycles. The molecule has 1 aromatic carbocycles. The molecule has 0 unspecified atom stereocenters. The highest BCUT2D eigenvalue weighted by atomic mass is 35.5. The zero-order valence-electron chi connectivity index (χ0n) is 8.26. The fourth-order valence-corrected chi connectivity index (χ4v) is 1.08. The maximum atomic E-state index is 8.73. The molecule has 2 atom stereocenters. The summed E-state index contributed by atoms with van der Waals surface area (Å²) in [7, 11) is 0. The summed E-state index contributed by atoms with van der Waals surface area (Å²) in [5.41, 5.74) is 6.08. The molecule has 0 bridgehead atoms. The molecule has 4 nitrogen and oxygen atoms in total. The average Bonchev–Trinajstić information content (AvgIpc) is 2.21. The molecule has 0 aromatic heterocycles. The van der Waals surface area contributed by atoms with Gasteiger partial charge in [0, 0.05) is 6.04 Å². The molecule has 0 aliphatic heterocycles. The van der Waals surface area contributed by atoms with E-state index in [1.165, 1.54) is 0 Å². The predicted octanol–water partition coefficient (Wildman–Crippen LogP) is 2.66. The Kier molecular flexibility index (Phi) is 4.22. The van der Waals surface area contributed by atoms with Crippen molar-refractivity contribution in [2.75, 3.05) is 0 Å². The highest BCUT2D eigenvalue weighted by Crippen LogP contribution is 2.24. The Hall–Kier alpha value is -1.44. The van der Waals surface area contributed by atoms with Crippen molar-refractivity contribution in [3.05, 3.63) is 29.3 Å². The van der Waals surface area contributed by atoms with Gasteiger partial charge in [-0.25, -0.2) is 0 Å². The second-order valence-corrected chi connectivity index (χ2v) is 3.51. The van der Waals surface area contributed by atoms with Gasteiger partial charge < -0.3 is 5.73 Å². The molecule has 0 spiro atoms. The summed E-state index contributed by atoms with van der Waals surface area (Å²) in [5, 5.41) is 16.9. The number of nitrogens with zero attached hydrogens (tertiary/aromatic N) is 3. The van der Waals surface area contributed by atoms with E-state index in [2.05, 4.69) is 10.2 Å². The summed E-state index contributed by atoms with van der Waals surface area (Å²) in [6.45, 7) is 1.71. The standard InChI is InChI=1S/C10H11ClN4/c1-7(13)10(6-12)15-14-9-5-3-2-4-8(9)11/h2-5,7,10H,13H2,1H3/t7-,10+/m1/s1. The van der Waals surface area contributed by atoms with Crippen LogP contribution in [0.2, 0.25) is 5.02 Å². The van der Waals surface area contributed by atoms with E-state index in [9.17, 15) is 0 Å². The van der Waals surface area contributed by atoms with E-state index in [0.29, 0.717) is 10.7 Å². The first-order chi connectivity index (χ1) is 7.15. The largest absolute Gasteiger partial charge is 0.325 e. The zero-order chi connectivity index (χ0) is 11.3. The Morgan fingerprint density at radius 1 is 1.47 bits per heavy atom. The first kappa shape index (κ1) is 11.6. The van der Waals surface area contributed by atoms with Crippen LogP contribution in [0.25, 0.3) is 0 Å². The summed E-state index contributed by atoms with van der Waals surface area (Å²) in [6, 6.07) is 8.01. The second kappa shape index (κ2) is 5.44. The highest BCUT2D eigenvalue weighted by molar-refractivity contribution is 6.32. The quantitative estimate of drug-likeness (QED) is 0.799. The van der Waals surface area contributed by atoms with Crippen LogP contribution in [0.5, 0.6) is 0 Å². The van der Waals surface area contributed by atoms with Gasteiger partial charge >= 0.3 is 0 Å². The third kappa shape index (κ3) is 3.31. The van der Waals surface area contributed by atoms with Crippen molar-refractivity contribution in [2.24, 2.45) is 16.0 Å². The molecule has 0 aliphatic carbocycles. The van der Waals surface area contributed by atoms with Crippen LogP contribution in [-0.4, -0.2) is 12.1 Å². The Bertz CT molecular complexity index is 395. The van der Waals surface area contributed by atoms with Crippen molar-refractivity contribution in [1.29, 1.82) is 5.26 Å². The number of halogens is 1. The van der Waals surface area contributed by atoms with E-state index in [1.807, 2.05) is 6.07 Å². The smallest absolute Gasteiger partial charge is 0.172 e. The molecular formula is C10H11ClN4. The van der Waals surface area contributed by atoms with E-state index in [0.717, 1.165) is 0 Å². The van der Waals surface area contributed by atoms with Gasteiger partial charge in [0.2, 0.25) is 0 Å². The Morgan fingerprint density at radius 2 is 2.13 bits per heavy atom. The summed E-state index contributed by atoms with van der Waals surface area (Å²) in [6.07, 6.45) is 0. The summed E-state index contributed by atoms with van der Waals surface area (Å²) >= 11 is 5.86. The zero-order valence-corrected chi connectivity index (χ0v) is 9.02. The van der Waals surface area contributed by atoms with Crippen molar-refractivity contribution in [3.8, 4) is 6.07 Å². The fraction of sp³-hybridized carbons (Fsp3) is 0.300. The number of hydrogen-bond donors (Lipinski definition) is 1. The molecule has 0 amide bonds. The lowest BCUT2D eigenvalue weighted by molar-refractivity contribution is 0.639. The van der Waals surface area contributed by atoms with Crippen LogP contribution < -0.4 is 5.73 Å². The average molecular weight is 223 g/mol. The van der Waals surface area contributed by atoms with Crippen LogP contribution in [0.1, 0.15) is 6.92 Å². The fourth-order valence-electron chi connectivity index (χ4n) is 0.906. The minimum Gasteiger partial charge on any atom is -0.325 e. The summed E-state index contributed by atoms with van der Waals surface area (Å²) in [5.74, 6) is 0. The maximum Gasteiger partial charge on any atom is 0.172 e. The van der Waals surface area contributed by atoms with Gasteiger partial charge in [0.05, 0.1) is 11.1 Å². The van der Waals surface area contributed by atoms with E-state index < -0.39 is 6.04 Å². The number of azo groups is 1. The Morgan fingerprint density at radius 3 is 2.67 bits per heavy atom. The summed E-state index contributed by atoms with van der Waals surface area (Å²) < 4.78 is 0. The maximum absolute atomic E-state index is 8.73. The highest BCUT2D eigenvalue weighted by Gasteiger charge is 2.10. The van der Waals surface area contributed by atoms with Crippen LogP contribution in [-0.2, 0) is 0 Å². The van der Waals surface area contributed by atoms with Crippen LogP contribution >= 0.6 is 11.6 Å². The van der Waals surface area contributed by atoms with Crippen molar-refractivity contribution < 1.29 is 0 Å². The summed E-state index contributed by atoms with van der Waals surface area (Å²) in [4.78, 5) is 0. The van der Waals surface area contributed by atoms with E-state index in [1.54, 1.807) is 31.2 Å². The Balaban J connectivity index is 2.82. The SMILES string of the molecule is C[C@@H](N)[C@H](C#N)N=Nc1ccccc1Cl. The number of benzene rings is 1. The van der Waals surface area contributed by atoms with Gasteiger partial charge in [-0.1, -0.05) is 23.7 Å². The topological polar surface area (TPSA) is 74.5 Å². The van der Waals surface area contributed by atoms with E-state index >= 15 is 0 Å². The van der Waals surface area contributed by atoms with Crippen LogP contribution in [0.4, 0.5) is 5.69 Å². The lowest BCUT2D eigenvalue weighted by Crippen LogP contribution is -2.28. The minimum absolute atomic E-state index is 0.346. The molecule has 2 N–H and O–H groups in total. The van der Waals surface area contributed by atoms with Crippen LogP contribution in [0, 0.1) is 11.3 Å². The molecule has 0 saturated carbocycles. The van der Waals surface area contributed by atoms with Crippen molar-refractivity contribution >= 4 is 17.3 Å². The van der Waals surface area contributed by atoms with Gasteiger partial charge in [0.15, 0.2) is 6.04 Å². The minimum atomic E-state index is -0.638. The molecule has 15 heavy (non-hydrogen) atoms. The van der Waals surface area contributed by atoms with Crippen molar-refractivity contribution in [1.82, 2.24) is 0 Å². The number of nitriles is 1. The van der Waals surface area contributed by atoms with Crippen molar-refractivity contribution in [3.63, 3.8) is 0 Å². The molecule has 78 valence electrons. The lowest BCUT2D eigenvalue weighted by atomic mass is 10.2. The first-order valence-electron chi connectivity index (χ1n) is 4.45. The number of hydrogen-bond acceptors (Lipinski definition) is 4. The van der Waals surface area contributed by atoms with E-state index in [4.69, 9.17) is 22.6 Å².